The highest BCUT2D eigenvalue weighted by Crippen LogP contribution is 2.45. The number of pyridine rings is 1. The van der Waals surface area contributed by atoms with Crippen LogP contribution >= 0.6 is 0 Å². The van der Waals surface area contributed by atoms with Crippen molar-refractivity contribution >= 4 is 39.0 Å². The van der Waals surface area contributed by atoms with Gasteiger partial charge in [-0.05, 0) is 48.9 Å². The van der Waals surface area contributed by atoms with Gasteiger partial charge in [0, 0.05) is 23.9 Å². The fourth-order valence-electron chi connectivity index (χ4n) is 4.76. The molecule has 1 aliphatic heterocycles. The highest BCUT2D eigenvalue weighted by molar-refractivity contribution is 7.85. The number of rotatable bonds is 10. The van der Waals surface area contributed by atoms with Crippen LogP contribution < -0.4 is 19.5 Å². The topological polar surface area (TPSA) is 173 Å². The minimum absolute atomic E-state index is 0.00804. The molecule has 14 heteroatoms. The lowest BCUT2D eigenvalue weighted by molar-refractivity contribution is -0.131. The summed E-state index contributed by atoms with van der Waals surface area (Å²) in [6, 6.07) is 5.93. The zero-order chi connectivity index (χ0) is 27.9. The third-order valence-corrected chi connectivity index (χ3v) is 8.04. The van der Waals surface area contributed by atoms with E-state index in [1.165, 1.54) is 6.08 Å². The van der Waals surface area contributed by atoms with Crippen molar-refractivity contribution in [3.63, 3.8) is 0 Å². The summed E-state index contributed by atoms with van der Waals surface area (Å²) < 4.78 is 42.4. The predicted octanol–water partition coefficient (Wildman–Crippen LogP) is 1.34. The standard InChI is InChI=1S/C25H28N4O9S/c1-3-15-12-25(15,23(31)28-39(34,35)38-16-4-5-16)27-21(30)20-11-18(13-29(20)24(32)33)37-22-19-7-6-17(36-2)10-14(19)8-9-26-22/h3,6-10,15-16,18,20H,1,4-5,11-13H2,2H3,(H,27,30)(H,28,31)(H,32,33). The summed E-state index contributed by atoms with van der Waals surface area (Å²) in [4.78, 5) is 43.5. The van der Waals surface area contributed by atoms with Gasteiger partial charge in [-0.1, -0.05) is 6.08 Å². The van der Waals surface area contributed by atoms with Gasteiger partial charge in [-0.3, -0.25) is 18.7 Å². The molecule has 1 aromatic heterocycles. The number of nitrogens with zero attached hydrogens (tertiary/aromatic N) is 2. The molecule has 3 amide bonds. The molecule has 4 unspecified atom stereocenters. The van der Waals surface area contributed by atoms with E-state index >= 15 is 0 Å². The number of carbonyl (C=O) groups excluding carboxylic acids is 2. The minimum Gasteiger partial charge on any atom is -0.497 e. The Morgan fingerprint density at radius 2 is 2.00 bits per heavy atom. The van der Waals surface area contributed by atoms with Gasteiger partial charge in [0.25, 0.3) is 5.91 Å². The number of hydrogen-bond acceptors (Lipinski definition) is 9. The van der Waals surface area contributed by atoms with E-state index in [-0.39, 0.29) is 25.3 Å². The van der Waals surface area contributed by atoms with E-state index in [9.17, 15) is 27.9 Å². The van der Waals surface area contributed by atoms with Gasteiger partial charge in [0.15, 0.2) is 0 Å². The lowest BCUT2D eigenvalue weighted by Gasteiger charge is -2.24. The number of methoxy groups -OCH3 is 1. The van der Waals surface area contributed by atoms with Crippen LogP contribution in [0.15, 0.2) is 43.1 Å². The molecule has 2 aliphatic carbocycles. The molecule has 13 nitrogen and oxygen atoms in total. The van der Waals surface area contributed by atoms with Crippen molar-refractivity contribution in [2.24, 2.45) is 5.92 Å². The van der Waals surface area contributed by atoms with Crippen LogP contribution in [0.25, 0.3) is 10.8 Å². The summed E-state index contributed by atoms with van der Waals surface area (Å²) in [7, 11) is -2.81. The Labute approximate surface area is 224 Å². The summed E-state index contributed by atoms with van der Waals surface area (Å²) in [5, 5.41) is 13.9. The number of likely N-dealkylation sites (tertiary alicyclic amines) is 1. The number of hydrogen-bond donors (Lipinski definition) is 3. The van der Waals surface area contributed by atoms with Crippen LogP contribution in [0.2, 0.25) is 0 Å². The van der Waals surface area contributed by atoms with E-state index in [2.05, 4.69) is 16.9 Å². The van der Waals surface area contributed by atoms with Crippen LogP contribution in [0.4, 0.5) is 4.79 Å². The van der Waals surface area contributed by atoms with Crippen molar-refractivity contribution in [3.8, 4) is 11.6 Å². The number of carboxylic acid groups (broad SMARTS) is 1. The van der Waals surface area contributed by atoms with Crippen LogP contribution in [-0.2, 0) is 24.1 Å². The minimum atomic E-state index is -4.36. The van der Waals surface area contributed by atoms with Crippen LogP contribution in [0, 0.1) is 5.92 Å². The monoisotopic (exact) mass is 560 g/mol. The predicted molar refractivity (Wildman–Crippen MR) is 136 cm³/mol. The van der Waals surface area contributed by atoms with Gasteiger partial charge in [0.2, 0.25) is 11.8 Å². The Bertz CT molecular complexity index is 1440. The lowest BCUT2D eigenvalue weighted by atomic mass is 10.1. The highest BCUT2D eigenvalue weighted by atomic mass is 32.2. The van der Waals surface area contributed by atoms with Gasteiger partial charge in [0.1, 0.15) is 23.4 Å². The molecule has 3 N–H and O–H groups in total. The van der Waals surface area contributed by atoms with E-state index in [0.717, 1.165) is 10.3 Å². The SMILES string of the molecule is C=CC1CC1(NC(=O)C1CC(Oc2nccc3cc(OC)ccc23)CN1C(=O)O)C(=O)NS(=O)(=O)OC1CC1. The molecule has 1 aromatic carbocycles. The molecule has 0 radical (unpaired) electrons. The van der Waals surface area contributed by atoms with Gasteiger partial charge in [-0.15, -0.1) is 6.58 Å². The number of aromatic nitrogens is 1. The normalized spacial score (nSPS) is 26.1. The molecule has 2 saturated carbocycles. The average molecular weight is 561 g/mol. The van der Waals surface area contributed by atoms with Crippen LogP contribution in [0.3, 0.4) is 0 Å². The maximum absolute atomic E-state index is 13.3. The third-order valence-electron chi connectivity index (χ3n) is 7.08. The molecule has 4 atom stereocenters. The van der Waals surface area contributed by atoms with Crippen molar-refractivity contribution in [2.75, 3.05) is 13.7 Å². The van der Waals surface area contributed by atoms with Crippen molar-refractivity contribution in [1.82, 2.24) is 19.9 Å². The van der Waals surface area contributed by atoms with E-state index < -0.39 is 57.9 Å². The van der Waals surface area contributed by atoms with Gasteiger partial charge < -0.3 is 19.9 Å². The first kappa shape index (κ1) is 26.7. The fourth-order valence-corrected chi connectivity index (χ4v) is 5.77. The van der Waals surface area contributed by atoms with E-state index in [1.807, 2.05) is 10.8 Å². The third kappa shape index (κ3) is 5.47. The highest BCUT2D eigenvalue weighted by Gasteiger charge is 2.61. The first-order valence-electron chi connectivity index (χ1n) is 12.3. The van der Waals surface area contributed by atoms with Gasteiger partial charge in [-0.25, -0.2) is 14.5 Å². The second kappa shape index (κ2) is 10.0. The number of nitrogens with one attached hydrogen (secondary N) is 2. The van der Waals surface area contributed by atoms with Gasteiger partial charge in [0.05, 0.1) is 19.8 Å². The largest absolute Gasteiger partial charge is 0.497 e. The second-order valence-corrected chi connectivity index (χ2v) is 11.1. The zero-order valence-electron chi connectivity index (χ0n) is 21.0. The Morgan fingerprint density at radius 1 is 1.23 bits per heavy atom. The molecule has 5 rings (SSSR count). The number of carbonyl (C=O) groups is 3. The molecule has 1 saturated heterocycles. The molecule has 3 fully saturated rings. The molecule has 0 spiro atoms. The van der Waals surface area contributed by atoms with Crippen molar-refractivity contribution in [2.45, 2.75) is 49.5 Å². The molecule has 2 aromatic rings. The Morgan fingerprint density at radius 3 is 2.64 bits per heavy atom. The molecular weight excluding hydrogens is 532 g/mol. The average Bonchev–Trinajstić information content (AvgIpc) is 3.80. The molecule has 208 valence electrons. The maximum Gasteiger partial charge on any atom is 0.408 e. The van der Waals surface area contributed by atoms with Crippen LogP contribution in [0.5, 0.6) is 11.6 Å². The van der Waals surface area contributed by atoms with E-state index in [0.29, 0.717) is 24.0 Å². The molecular formula is C25H28N4O9S. The van der Waals surface area contributed by atoms with Crippen LogP contribution in [-0.4, -0.2) is 78.8 Å². The summed E-state index contributed by atoms with van der Waals surface area (Å²) in [6.07, 6.45) is 1.72. The van der Waals surface area contributed by atoms with Crippen molar-refractivity contribution < 1.29 is 41.6 Å². The van der Waals surface area contributed by atoms with E-state index in [1.54, 1.807) is 31.5 Å². The number of benzene rings is 1. The lowest BCUT2D eigenvalue weighted by Crippen LogP contribution is -2.56. The Hall–Kier alpha value is -3.91. The van der Waals surface area contributed by atoms with E-state index in [4.69, 9.17) is 13.7 Å². The first-order valence-corrected chi connectivity index (χ1v) is 13.7. The second-order valence-electron chi connectivity index (χ2n) is 9.82. The maximum atomic E-state index is 13.3. The number of ether oxygens (including phenoxy) is 2. The summed E-state index contributed by atoms with van der Waals surface area (Å²) in [6.45, 7) is 3.53. The smallest absolute Gasteiger partial charge is 0.408 e. The Balaban J connectivity index is 1.30. The molecule has 2 heterocycles. The summed E-state index contributed by atoms with van der Waals surface area (Å²) in [5.41, 5.74) is -1.59. The van der Waals surface area contributed by atoms with Gasteiger partial charge >= 0.3 is 16.4 Å². The van der Waals surface area contributed by atoms with Crippen molar-refractivity contribution in [3.05, 3.63) is 43.1 Å². The summed E-state index contributed by atoms with van der Waals surface area (Å²) in [5.74, 6) is -1.33. The number of fused-ring (bicyclic) bond motifs is 1. The zero-order valence-corrected chi connectivity index (χ0v) is 21.8. The van der Waals surface area contributed by atoms with Crippen LogP contribution in [0.1, 0.15) is 25.7 Å². The number of amides is 3. The first-order chi connectivity index (χ1) is 18.5. The quantitative estimate of drug-likeness (QED) is 0.360. The summed E-state index contributed by atoms with van der Waals surface area (Å²) >= 11 is 0. The molecule has 3 aliphatic rings. The fraction of sp³-hybridized carbons (Fsp3) is 0.440. The van der Waals surface area contributed by atoms with Gasteiger partial charge in [-0.2, -0.15) is 8.42 Å². The molecule has 39 heavy (non-hydrogen) atoms. The van der Waals surface area contributed by atoms with Crippen molar-refractivity contribution in [1.29, 1.82) is 0 Å². The Kier molecular flexibility index (Phi) is 6.84. The molecule has 0 bridgehead atoms.